The largest absolute Gasteiger partial charge is 0.409 e. The lowest BCUT2D eigenvalue weighted by molar-refractivity contribution is -0.127. The number of rotatable bonds is 6. The molecule has 1 amide bonds. The van der Waals surface area contributed by atoms with Crippen LogP contribution in [-0.2, 0) is 4.79 Å². The third-order valence-corrected chi connectivity index (χ3v) is 2.73. The van der Waals surface area contributed by atoms with E-state index in [9.17, 15) is 4.79 Å². The molecule has 0 spiro atoms. The number of nitrogens with one attached hydrogen (secondary N) is 1. The van der Waals surface area contributed by atoms with Crippen LogP contribution in [0.25, 0.3) is 0 Å². The Morgan fingerprint density at radius 3 is 2.50 bits per heavy atom. The molecule has 0 bridgehead atoms. The summed E-state index contributed by atoms with van der Waals surface area (Å²) in [6.07, 6.45) is 0.483. The van der Waals surface area contributed by atoms with E-state index < -0.39 is 5.41 Å². The Morgan fingerprint density at radius 2 is 2.12 bits per heavy atom. The molecular weight excluding hydrogens is 208 g/mol. The summed E-state index contributed by atoms with van der Waals surface area (Å²) >= 11 is 0. The summed E-state index contributed by atoms with van der Waals surface area (Å²) in [5.74, 6) is -0.274. The first kappa shape index (κ1) is 14.7. The number of oxime groups is 1. The first-order chi connectivity index (χ1) is 7.38. The van der Waals surface area contributed by atoms with E-state index in [0.717, 1.165) is 6.54 Å². The fourth-order valence-electron chi connectivity index (χ4n) is 1.16. The van der Waals surface area contributed by atoms with Crippen molar-refractivity contribution in [2.75, 3.05) is 27.2 Å². The van der Waals surface area contributed by atoms with E-state index in [0.29, 0.717) is 13.0 Å². The molecule has 0 aliphatic heterocycles. The Hall–Kier alpha value is -1.30. The maximum absolute atomic E-state index is 11.9. The highest BCUT2D eigenvalue weighted by atomic mass is 16.4. The van der Waals surface area contributed by atoms with Gasteiger partial charge in [-0.1, -0.05) is 12.1 Å². The summed E-state index contributed by atoms with van der Waals surface area (Å²) in [6, 6.07) is 0. The molecule has 4 N–H and O–H groups in total. The number of carbonyl (C=O) groups is 1. The van der Waals surface area contributed by atoms with Crippen LogP contribution >= 0.6 is 0 Å². The minimum atomic E-state index is -0.943. The molecule has 0 aromatic heterocycles. The number of nitrogens with zero attached hydrogens (tertiary/aromatic N) is 2. The fourth-order valence-corrected chi connectivity index (χ4v) is 1.16. The van der Waals surface area contributed by atoms with E-state index in [2.05, 4.69) is 10.5 Å². The van der Waals surface area contributed by atoms with Gasteiger partial charge in [0, 0.05) is 13.1 Å². The zero-order chi connectivity index (χ0) is 12.8. The minimum absolute atomic E-state index is 0.0580. The predicted octanol–water partition coefficient (Wildman–Crippen LogP) is -0.173. The minimum Gasteiger partial charge on any atom is -0.409 e. The van der Waals surface area contributed by atoms with Crippen molar-refractivity contribution in [2.24, 2.45) is 16.3 Å². The lowest BCUT2D eigenvalue weighted by atomic mass is 9.85. The molecule has 0 saturated carbocycles. The maximum atomic E-state index is 11.9. The summed E-state index contributed by atoms with van der Waals surface area (Å²) in [5.41, 5.74) is 4.58. The molecule has 0 fully saturated rings. The van der Waals surface area contributed by atoms with E-state index in [4.69, 9.17) is 10.9 Å². The zero-order valence-corrected chi connectivity index (χ0v) is 10.4. The standard InChI is InChI=1S/C10H22N4O2/c1-5-10(2,8(11)13-16)9(15)12-6-7-14(3)4/h16H,5-7H2,1-4H3,(H2,11,13)(H,12,15). The molecule has 1 unspecified atom stereocenters. The molecule has 6 heteroatoms. The number of hydrogen-bond donors (Lipinski definition) is 3. The third-order valence-electron chi connectivity index (χ3n) is 2.73. The van der Waals surface area contributed by atoms with Crippen LogP contribution in [0.4, 0.5) is 0 Å². The second kappa shape index (κ2) is 6.32. The summed E-state index contributed by atoms with van der Waals surface area (Å²) in [5, 5.41) is 14.3. The van der Waals surface area contributed by atoms with Crippen LogP contribution < -0.4 is 11.1 Å². The van der Waals surface area contributed by atoms with Crippen molar-refractivity contribution >= 4 is 11.7 Å². The van der Waals surface area contributed by atoms with Crippen LogP contribution in [0.1, 0.15) is 20.3 Å². The highest BCUT2D eigenvalue weighted by molar-refractivity contribution is 6.06. The van der Waals surface area contributed by atoms with Crippen molar-refractivity contribution in [1.29, 1.82) is 0 Å². The molecule has 6 nitrogen and oxygen atoms in total. The Morgan fingerprint density at radius 1 is 1.56 bits per heavy atom. The summed E-state index contributed by atoms with van der Waals surface area (Å²) in [6.45, 7) is 4.78. The van der Waals surface area contributed by atoms with Gasteiger partial charge in [0.05, 0.1) is 0 Å². The Labute approximate surface area is 96.5 Å². The molecule has 0 aromatic carbocycles. The molecule has 16 heavy (non-hydrogen) atoms. The van der Waals surface area contributed by atoms with Gasteiger partial charge in [0.15, 0.2) is 5.84 Å². The SMILES string of the molecule is CCC(C)(C(=O)NCCN(C)C)C(N)=NO. The van der Waals surface area contributed by atoms with Crippen molar-refractivity contribution < 1.29 is 10.0 Å². The second-order valence-corrected chi connectivity index (χ2v) is 4.23. The Bertz CT molecular complexity index is 266. The predicted molar refractivity (Wildman–Crippen MR) is 63.4 cm³/mol. The first-order valence-electron chi connectivity index (χ1n) is 5.29. The second-order valence-electron chi connectivity index (χ2n) is 4.23. The quantitative estimate of drug-likeness (QED) is 0.256. The molecule has 0 aliphatic rings. The molecule has 0 heterocycles. The monoisotopic (exact) mass is 230 g/mol. The number of carbonyl (C=O) groups excluding carboxylic acids is 1. The summed E-state index contributed by atoms with van der Waals surface area (Å²) < 4.78 is 0. The maximum Gasteiger partial charge on any atom is 0.233 e. The lowest BCUT2D eigenvalue weighted by Gasteiger charge is -2.25. The van der Waals surface area contributed by atoms with Crippen LogP contribution in [0.15, 0.2) is 5.16 Å². The molecule has 0 saturated heterocycles. The van der Waals surface area contributed by atoms with Crippen molar-refractivity contribution in [3.8, 4) is 0 Å². The third kappa shape index (κ3) is 3.69. The van der Waals surface area contributed by atoms with E-state index >= 15 is 0 Å². The van der Waals surface area contributed by atoms with Gasteiger partial charge in [-0.2, -0.15) is 0 Å². The van der Waals surface area contributed by atoms with Crippen LogP contribution in [0, 0.1) is 5.41 Å². The Balaban J connectivity index is 4.43. The van der Waals surface area contributed by atoms with Crippen molar-refractivity contribution in [2.45, 2.75) is 20.3 Å². The molecule has 0 radical (unpaired) electrons. The van der Waals surface area contributed by atoms with Crippen molar-refractivity contribution in [3.63, 3.8) is 0 Å². The number of amides is 1. The van der Waals surface area contributed by atoms with Crippen LogP contribution in [0.2, 0.25) is 0 Å². The summed E-state index contributed by atoms with van der Waals surface area (Å²) in [4.78, 5) is 13.8. The van der Waals surface area contributed by atoms with Gasteiger partial charge in [-0.15, -0.1) is 0 Å². The zero-order valence-electron chi connectivity index (χ0n) is 10.4. The van der Waals surface area contributed by atoms with Crippen molar-refractivity contribution in [1.82, 2.24) is 10.2 Å². The molecular formula is C10H22N4O2. The van der Waals surface area contributed by atoms with Gasteiger partial charge in [-0.25, -0.2) is 0 Å². The fraction of sp³-hybridized carbons (Fsp3) is 0.800. The molecule has 1 atom stereocenters. The highest BCUT2D eigenvalue weighted by Crippen LogP contribution is 2.21. The van der Waals surface area contributed by atoms with Gasteiger partial charge >= 0.3 is 0 Å². The molecule has 0 rings (SSSR count). The first-order valence-corrected chi connectivity index (χ1v) is 5.29. The normalized spacial score (nSPS) is 15.9. The lowest BCUT2D eigenvalue weighted by Crippen LogP contribution is -2.48. The van der Waals surface area contributed by atoms with Crippen LogP contribution in [-0.4, -0.2) is 49.0 Å². The van der Waals surface area contributed by atoms with E-state index in [1.165, 1.54) is 0 Å². The average Bonchev–Trinajstić information content (AvgIpc) is 2.26. The topological polar surface area (TPSA) is 91.0 Å². The van der Waals surface area contributed by atoms with Gasteiger partial charge in [-0.3, -0.25) is 4.79 Å². The average molecular weight is 230 g/mol. The van der Waals surface area contributed by atoms with E-state index in [-0.39, 0.29) is 11.7 Å². The van der Waals surface area contributed by atoms with Gasteiger partial charge in [0.2, 0.25) is 5.91 Å². The van der Waals surface area contributed by atoms with Crippen LogP contribution in [0.3, 0.4) is 0 Å². The van der Waals surface area contributed by atoms with Crippen molar-refractivity contribution in [3.05, 3.63) is 0 Å². The molecule has 0 aromatic rings. The number of amidine groups is 1. The van der Waals surface area contributed by atoms with Gasteiger partial charge in [0.1, 0.15) is 5.41 Å². The van der Waals surface area contributed by atoms with Gasteiger partial charge in [-0.05, 0) is 27.4 Å². The highest BCUT2D eigenvalue weighted by Gasteiger charge is 2.35. The smallest absolute Gasteiger partial charge is 0.233 e. The Kier molecular flexibility index (Phi) is 5.81. The number of hydrogen-bond acceptors (Lipinski definition) is 4. The van der Waals surface area contributed by atoms with E-state index in [1.807, 2.05) is 25.9 Å². The van der Waals surface area contributed by atoms with Gasteiger partial charge < -0.3 is 21.2 Å². The number of likely N-dealkylation sites (N-methyl/N-ethyl adjacent to an activating group) is 1. The van der Waals surface area contributed by atoms with Gasteiger partial charge in [0.25, 0.3) is 0 Å². The summed E-state index contributed by atoms with van der Waals surface area (Å²) in [7, 11) is 3.85. The number of nitrogens with two attached hydrogens (primary N) is 1. The molecule has 94 valence electrons. The van der Waals surface area contributed by atoms with E-state index in [1.54, 1.807) is 6.92 Å². The van der Waals surface area contributed by atoms with Crippen LogP contribution in [0.5, 0.6) is 0 Å². The molecule has 0 aliphatic carbocycles.